The summed E-state index contributed by atoms with van der Waals surface area (Å²) in [5.74, 6) is 6.73. The Bertz CT molecular complexity index is 369. The first-order chi connectivity index (χ1) is 7.70. The maximum atomic E-state index is 11.3. The standard InChI is InChI=1S/C10H16N4O2/c1-6-12-10(16-14-6)8-4-2-7(3-5-8)9(15)13-11/h7-8H,2-5,11H2,1H3,(H,13,15). The van der Waals surface area contributed by atoms with Crippen molar-refractivity contribution in [3.05, 3.63) is 11.7 Å². The Kier molecular flexibility index (Phi) is 3.19. The summed E-state index contributed by atoms with van der Waals surface area (Å²) in [6.07, 6.45) is 3.46. The highest BCUT2D eigenvalue weighted by Gasteiger charge is 2.29. The number of aromatic nitrogens is 2. The average molecular weight is 224 g/mol. The molecule has 1 aliphatic rings. The zero-order valence-electron chi connectivity index (χ0n) is 9.27. The fourth-order valence-corrected chi connectivity index (χ4v) is 2.20. The molecule has 1 aromatic heterocycles. The number of carbonyl (C=O) groups is 1. The van der Waals surface area contributed by atoms with E-state index >= 15 is 0 Å². The Balaban J connectivity index is 1.92. The van der Waals surface area contributed by atoms with Crippen LogP contribution in [0.2, 0.25) is 0 Å². The van der Waals surface area contributed by atoms with E-state index in [2.05, 4.69) is 15.6 Å². The van der Waals surface area contributed by atoms with E-state index in [0.29, 0.717) is 17.6 Å². The van der Waals surface area contributed by atoms with E-state index in [1.54, 1.807) is 6.92 Å². The summed E-state index contributed by atoms with van der Waals surface area (Å²) < 4.78 is 5.14. The molecular formula is C10H16N4O2. The normalized spacial score (nSPS) is 25.4. The molecular weight excluding hydrogens is 208 g/mol. The number of amides is 1. The van der Waals surface area contributed by atoms with Crippen molar-refractivity contribution in [3.8, 4) is 0 Å². The van der Waals surface area contributed by atoms with Gasteiger partial charge in [-0.1, -0.05) is 5.16 Å². The molecule has 6 heteroatoms. The summed E-state index contributed by atoms with van der Waals surface area (Å²) in [4.78, 5) is 15.5. The van der Waals surface area contributed by atoms with Crippen LogP contribution >= 0.6 is 0 Å². The summed E-state index contributed by atoms with van der Waals surface area (Å²) in [5.41, 5.74) is 2.20. The van der Waals surface area contributed by atoms with Crippen LogP contribution in [-0.4, -0.2) is 16.0 Å². The number of nitrogens with one attached hydrogen (secondary N) is 1. The van der Waals surface area contributed by atoms with Crippen LogP contribution in [0.4, 0.5) is 0 Å². The third kappa shape index (κ3) is 2.21. The second kappa shape index (κ2) is 4.61. The maximum absolute atomic E-state index is 11.3. The van der Waals surface area contributed by atoms with Crippen LogP contribution < -0.4 is 11.3 Å². The van der Waals surface area contributed by atoms with Crippen LogP contribution in [0.25, 0.3) is 0 Å². The molecule has 0 radical (unpaired) electrons. The highest BCUT2D eigenvalue weighted by atomic mass is 16.5. The van der Waals surface area contributed by atoms with Gasteiger partial charge in [-0.25, -0.2) is 5.84 Å². The Hall–Kier alpha value is -1.43. The average Bonchev–Trinajstić information content (AvgIpc) is 2.75. The van der Waals surface area contributed by atoms with Gasteiger partial charge in [0.05, 0.1) is 0 Å². The predicted molar refractivity (Wildman–Crippen MR) is 56.1 cm³/mol. The lowest BCUT2D eigenvalue weighted by atomic mass is 9.81. The third-order valence-electron chi connectivity index (χ3n) is 3.13. The molecule has 3 N–H and O–H groups in total. The zero-order chi connectivity index (χ0) is 11.5. The summed E-state index contributed by atoms with van der Waals surface area (Å²) >= 11 is 0. The van der Waals surface area contributed by atoms with Gasteiger partial charge in [-0.15, -0.1) is 0 Å². The summed E-state index contributed by atoms with van der Waals surface area (Å²) in [5, 5.41) is 3.78. The third-order valence-corrected chi connectivity index (χ3v) is 3.13. The van der Waals surface area contributed by atoms with E-state index in [1.807, 2.05) is 0 Å². The van der Waals surface area contributed by atoms with E-state index in [9.17, 15) is 4.79 Å². The van der Waals surface area contributed by atoms with Crippen molar-refractivity contribution in [1.29, 1.82) is 0 Å². The SMILES string of the molecule is Cc1noc(C2CCC(C(=O)NN)CC2)n1. The van der Waals surface area contributed by atoms with Crippen LogP contribution in [0, 0.1) is 12.8 Å². The first-order valence-electron chi connectivity index (χ1n) is 5.51. The van der Waals surface area contributed by atoms with Gasteiger partial charge in [0.15, 0.2) is 5.82 Å². The van der Waals surface area contributed by atoms with E-state index in [0.717, 1.165) is 25.7 Å². The number of carbonyl (C=O) groups excluding carboxylic acids is 1. The highest BCUT2D eigenvalue weighted by Crippen LogP contribution is 2.34. The lowest BCUT2D eigenvalue weighted by Gasteiger charge is -2.24. The number of hydrogen-bond acceptors (Lipinski definition) is 5. The molecule has 0 unspecified atom stereocenters. The minimum Gasteiger partial charge on any atom is -0.339 e. The van der Waals surface area contributed by atoms with E-state index in [1.165, 1.54) is 0 Å². The largest absolute Gasteiger partial charge is 0.339 e. The fourth-order valence-electron chi connectivity index (χ4n) is 2.20. The molecule has 0 bridgehead atoms. The van der Waals surface area contributed by atoms with Gasteiger partial charge >= 0.3 is 0 Å². The van der Waals surface area contributed by atoms with Gasteiger partial charge in [0, 0.05) is 11.8 Å². The van der Waals surface area contributed by atoms with Crippen molar-refractivity contribution >= 4 is 5.91 Å². The molecule has 6 nitrogen and oxygen atoms in total. The Morgan fingerprint density at radius 3 is 2.62 bits per heavy atom. The topological polar surface area (TPSA) is 94.0 Å². The van der Waals surface area contributed by atoms with Crippen molar-refractivity contribution in [2.45, 2.75) is 38.5 Å². The summed E-state index contributed by atoms with van der Waals surface area (Å²) in [6, 6.07) is 0. The molecule has 16 heavy (non-hydrogen) atoms. The lowest BCUT2D eigenvalue weighted by Crippen LogP contribution is -2.37. The molecule has 1 aromatic rings. The van der Waals surface area contributed by atoms with Gasteiger partial charge in [-0.2, -0.15) is 4.98 Å². The van der Waals surface area contributed by atoms with Crippen molar-refractivity contribution in [2.24, 2.45) is 11.8 Å². The Labute approximate surface area is 93.6 Å². The van der Waals surface area contributed by atoms with Crippen molar-refractivity contribution in [2.75, 3.05) is 0 Å². The number of rotatable bonds is 2. The van der Waals surface area contributed by atoms with Gasteiger partial charge in [0.1, 0.15) is 0 Å². The molecule has 1 aliphatic carbocycles. The minimum absolute atomic E-state index is 0.0327. The van der Waals surface area contributed by atoms with Crippen LogP contribution in [-0.2, 0) is 4.79 Å². The zero-order valence-corrected chi connectivity index (χ0v) is 9.27. The van der Waals surface area contributed by atoms with Crippen molar-refractivity contribution < 1.29 is 9.32 Å². The highest BCUT2D eigenvalue weighted by molar-refractivity contribution is 5.78. The summed E-state index contributed by atoms with van der Waals surface area (Å²) in [7, 11) is 0. The quantitative estimate of drug-likeness (QED) is 0.437. The molecule has 0 aliphatic heterocycles. The van der Waals surface area contributed by atoms with Crippen LogP contribution in [0.1, 0.15) is 43.3 Å². The smallest absolute Gasteiger partial charge is 0.236 e. The van der Waals surface area contributed by atoms with Gasteiger partial charge in [-0.05, 0) is 32.6 Å². The second-order valence-electron chi connectivity index (χ2n) is 4.24. The predicted octanol–water partition coefficient (Wildman–Crippen LogP) is 0.642. The van der Waals surface area contributed by atoms with Crippen molar-refractivity contribution in [1.82, 2.24) is 15.6 Å². The van der Waals surface area contributed by atoms with E-state index in [-0.39, 0.29) is 11.8 Å². The molecule has 1 amide bonds. The maximum Gasteiger partial charge on any atom is 0.236 e. The molecule has 0 atom stereocenters. The molecule has 0 spiro atoms. The number of aryl methyl sites for hydroxylation is 1. The number of nitrogens with zero attached hydrogens (tertiary/aromatic N) is 2. The number of nitrogens with two attached hydrogens (primary N) is 1. The molecule has 1 saturated carbocycles. The Morgan fingerprint density at radius 2 is 2.12 bits per heavy atom. The number of hydrazine groups is 1. The van der Waals surface area contributed by atoms with Crippen LogP contribution in [0.15, 0.2) is 4.52 Å². The first kappa shape index (κ1) is 11.1. The molecule has 1 heterocycles. The van der Waals surface area contributed by atoms with E-state index < -0.39 is 0 Å². The van der Waals surface area contributed by atoms with Crippen molar-refractivity contribution in [3.63, 3.8) is 0 Å². The Morgan fingerprint density at radius 1 is 1.44 bits per heavy atom. The molecule has 0 saturated heterocycles. The molecule has 88 valence electrons. The van der Waals surface area contributed by atoms with Crippen LogP contribution in [0.3, 0.4) is 0 Å². The van der Waals surface area contributed by atoms with Gasteiger partial charge in [0.2, 0.25) is 11.8 Å². The summed E-state index contributed by atoms with van der Waals surface area (Å²) in [6.45, 7) is 1.81. The fraction of sp³-hybridized carbons (Fsp3) is 0.700. The monoisotopic (exact) mass is 224 g/mol. The second-order valence-corrected chi connectivity index (χ2v) is 4.24. The van der Waals surface area contributed by atoms with Crippen LogP contribution in [0.5, 0.6) is 0 Å². The first-order valence-corrected chi connectivity index (χ1v) is 5.51. The van der Waals surface area contributed by atoms with E-state index in [4.69, 9.17) is 10.4 Å². The lowest BCUT2D eigenvalue weighted by molar-refractivity contribution is -0.126. The number of hydrogen-bond donors (Lipinski definition) is 2. The van der Waals surface area contributed by atoms with Gasteiger partial charge in [0.25, 0.3) is 0 Å². The molecule has 2 rings (SSSR count). The molecule has 1 fully saturated rings. The van der Waals surface area contributed by atoms with Gasteiger partial charge < -0.3 is 4.52 Å². The minimum atomic E-state index is -0.0693. The van der Waals surface area contributed by atoms with Gasteiger partial charge in [-0.3, -0.25) is 10.2 Å². The molecule has 0 aromatic carbocycles.